The van der Waals surface area contributed by atoms with Gasteiger partial charge in [0.05, 0.1) is 34.8 Å². The molecule has 0 saturated carbocycles. The van der Waals surface area contributed by atoms with Gasteiger partial charge in [0.2, 0.25) is 0 Å². The van der Waals surface area contributed by atoms with Gasteiger partial charge in [-0.05, 0) is 87.9 Å². The van der Waals surface area contributed by atoms with E-state index < -0.39 is 5.97 Å². The molecule has 1 N–H and O–H groups in total. The Labute approximate surface area is 209 Å². The molecule has 0 bridgehead atoms. The molecule has 1 aliphatic heterocycles. The second-order valence-corrected chi connectivity index (χ2v) is 8.85. The highest BCUT2D eigenvalue weighted by Crippen LogP contribution is 2.39. The van der Waals surface area contributed by atoms with Gasteiger partial charge in [0.1, 0.15) is 5.75 Å². The fraction of sp³-hybridized carbons (Fsp3) is 0.0800. The molecule has 7 nitrogen and oxygen atoms in total. The molecule has 3 aromatic carbocycles. The Bertz CT molecular complexity index is 1290. The standard InChI is InChI=1S/C25H19BrN2O5S/c1-31-18-10-8-16(9-11-18)24(30)33-22-19(26)12-15(13-20(22)32-2)14-21-23(29)28-25(34-21)27-17-6-4-3-5-7-17/h3-14H,1-2H3,(H,27,28,29)/b21-14-. The zero-order chi connectivity index (χ0) is 24.1. The summed E-state index contributed by atoms with van der Waals surface area (Å²) in [5, 5.41) is 3.26. The van der Waals surface area contributed by atoms with Crippen LogP contribution in [0.4, 0.5) is 5.69 Å². The van der Waals surface area contributed by atoms with Crippen LogP contribution in [0.1, 0.15) is 15.9 Å². The number of thioether (sulfide) groups is 1. The Morgan fingerprint density at radius 1 is 1.03 bits per heavy atom. The van der Waals surface area contributed by atoms with Gasteiger partial charge in [-0.1, -0.05) is 18.2 Å². The topological polar surface area (TPSA) is 86.2 Å². The average molecular weight is 539 g/mol. The van der Waals surface area contributed by atoms with Crippen molar-refractivity contribution >= 4 is 56.5 Å². The van der Waals surface area contributed by atoms with Crippen LogP contribution in [0.15, 0.2) is 81.1 Å². The van der Waals surface area contributed by atoms with Crippen LogP contribution in [0.2, 0.25) is 0 Å². The van der Waals surface area contributed by atoms with Gasteiger partial charge in [0.25, 0.3) is 5.91 Å². The Hall–Kier alpha value is -3.56. The maximum absolute atomic E-state index is 12.6. The molecule has 3 aromatic rings. The number of amidine groups is 1. The molecule has 1 amide bonds. The van der Waals surface area contributed by atoms with Crippen LogP contribution in [0.3, 0.4) is 0 Å². The monoisotopic (exact) mass is 538 g/mol. The predicted molar refractivity (Wildman–Crippen MR) is 136 cm³/mol. The molecule has 1 saturated heterocycles. The third kappa shape index (κ3) is 5.49. The quantitative estimate of drug-likeness (QED) is 0.250. The normalized spacial score (nSPS) is 15.3. The number of esters is 1. The highest BCUT2D eigenvalue weighted by molar-refractivity contribution is 9.10. The number of amides is 1. The summed E-state index contributed by atoms with van der Waals surface area (Å²) in [5.41, 5.74) is 1.80. The number of aliphatic imine (C=N–C) groups is 1. The van der Waals surface area contributed by atoms with Gasteiger partial charge < -0.3 is 19.5 Å². The number of hydrogen-bond acceptors (Lipinski definition) is 7. The molecule has 1 heterocycles. The molecule has 0 radical (unpaired) electrons. The van der Waals surface area contributed by atoms with Crippen molar-refractivity contribution in [3.63, 3.8) is 0 Å². The lowest BCUT2D eigenvalue weighted by molar-refractivity contribution is -0.115. The molecular weight excluding hydrogens is 520 g/mol. The number of rotatable bonds is 6. The van der Waals surface area contributed by atoms with Gasteiger partial charge in [-0.15, -0.1) is 0 Å². The number of ether oxygens (including phenoxy) is 3. The summed E-state index contributed by atoms with van der Waals surface area (Å²) in [6, 6.07) is 19.4. The van der Waals surface area contributed by atoms with E-state index in [-0.39, 0.29) is 11.7 Å². The first kappa shape index (κ1) is 23.6. The molecule has 9 heteroatoms. The molecule has 4 rings (SSSR count). The summed E-state index contributed by atoms with van der Waals surface area (Å²) in [6.45, 7) is 0. The lowest BCUT2D eigenvalue weighted by atomic mass is 10.1. The van der Waals surface area contributed by atoms with Crippen LogP contribution >= 0.6 is 27.7 Å². The Balaban J connectivity index is 1.55. The van der Waals surface area contributed by atoms with Gasteiger partial charge in [-0.25, -0.2) is 9.79 Å². The van der Waals surface area contributed by atoms with Gasteiger partial charge in [0, 0.05) is 0 Å². The summed E-state index contributed by atoms with van der Waals surface area (Å²) >= 11 is 4.69. The first-order valence-corrected chi connectivity index (χ1v) is 11.7. The highest BCUT2D eigenvalue weighted by Gasteiger charge is 2.24. The van der Waals surface area contributed by atoms with Gasteiger partial charge in [-0.3, -0.25) is 4.79 Å². The van der Waals surface area contributed by atoms with Gasteiger partial charge >= 0.3 is 5.97 Å². The molecule has 172 valence electrons. The first-order chi connectivity index (χ1) is 16.5. The Kier molecular flexibility index (Phi) is 7.34. The number of nitrogens with zero attached hydrogens (tertiary/aromatic N) is 1. The molecule has 0 aromatic heterocycles. The number of nitrogens with one attached hydrogen (secondary N) is 1. The van der Waals surface area contributed by atoms with Crippen molar-refractivity contribution in [3.05, 3.63) is 87.2 Å². The minimum atomic E-state index is -0.541. The van der Waals surface area contributed by atoms with E-state index in [0.717, 1.165) is 5.69 Å². The van der Waals surface area contributed by atoms with Crippen molar-refractivity contribution in [3.8, 4) is 17.2 Å². The van der Waals surface area contributed by atoms with E-state index in [4.69, 9.17) is 14.2 Å². The maximum atomic E-state index is 12.6. The van der Waals surface area contributed by atoms with Crippen LogP contribution in [0.25, 0.3) is 6.08 Å². The summed E-state index contributed by atoms with van der Waals surface area (Å²) in [5.74, 6) is 0.425. The van der Waals surface area contributed by atoms with E-state index in [0.29, 0.717) is 37.2 Å². The summed E-state index contributed by atoms with van der Waals surface area (Å²) in [4.78, 5) is 30.0. The van der Waals surface area contributed by atoms with Gasteiger partial charge in [-0.2, -0.15) is 0 Å². The van der Waals surface area contributed by atoms with Crippen molar-refractivity contribution in [1.82, 2.24) is 5.32 Å². The molecular formula is C25H19BrN2O5S. The minimum absolute atomic E-state index is 0.236. The summed E-state index contributed by atoms with van der Waals surface area (Å²) in [7, 11) is 3.03. The van der Waals surface area contributed by atoms with Crippen LogP contribution in [-0.4, -0.2) is 31.3 Å². The number of carbonyl (C=O) groups is 2. The smallest absolute Gasteiger partial charge is 0.343 e. The third-order valence-corrected chi connectivity index (χ3v) is 6.21. The van der Waals surface area contributed by atoms with E-state index >= 15 is 0 Å². The fourth-order valence-corrected chi connectivity index (χ4v) is 4.44. The van der Waals surface area contributed by atoms with Crippen molar-refractivity contribution in [2.24, 2.45) is 4.99 Å². The molecule has 0 unspecified atom stereocenters. The molecule has 0 atom stereocenters. The van der Waals surface area contributed by atoms with E-state index in [2.05, 4.69) is 26.2 Å². The lowest BCUT2D eigenvalue weighted by Crippen LogP contribution is -2.19. The van der Waals surface area contributed by atoms with E-state index in [9.17, 15) is 9.59 Å². The number of para-hydroxylation sites is 1. The van der Waals surface area contributed by atoms with Crippen molar-refractivity contribution in [1.29, 1.82) is 0 Å². The van der Waals surface area contributed by atoms with Crippen molar-refractivity contribution in [2.75, 3.05) is 14.2 Å². The maximum Gasteiger partial charge on any atom is 0.343 e. The summed E-state index contributed by atoms with van der Waals surface area (Å²) < 4.78 is 16.6. The average Bonchev–Trinajstić information content (AvgIpc) is 3.19. The molecule has 1 fully saturated rings. The zero-order valence-electron chi connectivity index (χ0n) is 18.2. The molecule has 1 aliphatic rings. The van der Waals surface area contributed by atoms with E-state index in [1.807, 2.05) is 30.3 Å². The van der Waals surface area contributed by atoms with Crippen LogP contribution in [-0.2, 0) is 4.79 Å². The minimum Gasteiger partial charge on any atom is -0.497 e. The first-order valence-electron chi connectivity index (χ1n) is 10.0. The van der Waals surface area contributed by atoms with Crippen molar-refractivity contribution < 1.29 is 23.8 Å². The Morgan fingerprint density at radius 3 is 2.44 bits per heavy atom. The number of carbonyl (C=O) groups excluding carboxylic acids is 2. The van der Waals surface area contributed by atoms with Crippen molar-refractivity contribution in [2.45, 2.75) is 0 Å². The van der Waals surface area contributed by atoms with E-state index in [1.165, 1.54) is 18.9 Å². The molecule has 0 spiro atoms. The second-order valence-electron chi connectivity index (χ2n) is 6.97. The number of methoxy groups -OCH3 is 2. The van der Waals surface area contributed by atoms with E-state index in [1.54, 1.807) is 49.6 Å². The highest BCUT2D eigenvalue weighted by atomic mass is 79.9. The summed E-state index contributed by atoms with van der Waals surface area (Å²) in [6.07, 6.45) is 1.72. The van der Waals surface area contributed by atoms with Crippen LogP contribution in [0, 0.1) is 0 Å². The van der Waals surface area contributed by atoms with Crippen LogP contribution in [0.5, 0.6) is 17.2 Å². The number of hydrogen-bond donors (Lipinski definition) is 1. The fourth-order valence-electron chi connectivity index (χ4n) is 3.05. The number of benzene rings is 3. The SMILES string of the molecule is COc1ccc(C(=O)Oc2c(Br)cc(/C=C3\SC(=Nc4ccccc4)NC3=O)cc2OC)cc1. The molecule has 0 aliphatic carbocycles. The Morgan fingerprint density at radius 2 is 1.76 bits per heavy atom. The predicted octanol–water partition coefficient (Wildman–Crippen LogP) is 5.58. The lowest BCUT2D eigenvalue weighted by Gasteiger charge is -2.12. The second kappa shape index (κ2) is 10.6. The third-order valence-electron chi connectivity index (χ3n) is 4.71. The van der Waals surface area contributed by atoms with Crippen LogP contribution < -0.4 is 19.5 Å². The van der Waals surface area contributed by atoms with Gasteiger partial charge in [0.15, 0.2) is 16.7 Å². The molecule has 34 heavy (non-hydrogen) atoms. The zero-order valence-corrected chi connectivity index (χ0v) is 20.6. The number of halogens is 1. The largest absolute Gasteiger partial charge is 0.497 e.